The number of nitrogens with zero attached hydrogens (tertiary/aromatic N) is 1. The number of benzene rings is 1. The fourth-order valence-electron chi connectivity index (χ4n) is 3.32. The van der Waals surface area contributed by atoms with Crippen LogP contribution in [-0.4, -0.2) is 57.2 Å². The van der Waals surface area contributed by atoms with E-state index in [4.69, 9.17) is 5.73 Å². The van der Waals surface area contributed by atoms with E-state index in [1.165, 1.54) is 18.5 Å². The number of aromatic nitrogens is 1. The normalized spacial score (nSPS) is 21.5. The molecule has 0 spiro atoms. The molecule has 0 saturated carbocycles. The molecule has 6 N–H and O–H groups in total. The van der Waals surface area contributed by atoms with E-state index in [-0.39, 0.29) is 24.0 Å². The molecule has 1 heterocycles. The van der Waals surface area contributed by atoms with Gasteiger partial charge in [0.15, 0.2) is 0 Å². The third-order valence-electron chi connectivity index (χ3n) is 5.02. The number of primary amides is 1. The van der Waals surface area contributed by atoms with Crippen LogP contribution in [0.25, 0.3) is 0 Å². The molecule has 0 fully saturated rings. The van der Waals surface area contributed by atoms with Crippen LogP contribution in [0, 0.1) is 0 Å². The van der Waals surface area contributed by atoms with Crippen LogP contribution in [0.2, 0.25) is 0 Å². The SMILES string of the molecule is NC(=O)[C@@H](Cc1ccccc1)NC(=O)C1=C[C@@H](NC(=O)c2cccnc2)[C@@H](O)[C@H](O)C1. The highest BCUT2D eigenvalue weighted by Gasteiger charge is 2.34. The molecule has 2 aromatic rings. The highest BCUT2D eigenvalue weighted by atomic mass is 16.3. The molecule has 9 nitrogen and oxygen atoms in total. The van der Waals surface area contributed by atoms with Crippen molar-refractivity contribution in [1.29, 1.82) is 0 Å². The molecule has 1 aliphatic carbocycles. The molecule has 1 aromatic carbocycles. The molecular weight excluding hydrogens is 400 g/mol. The number of hydrogen-bond acceptors (Lipinski definition) is 6. The molecule has 4 atom stereocenters. The molecule has 162 valence electrons. The first-order chi connectivity index (χ1) is 14.8. The molecule has 0 saturated heterocycles. The monoisotopic (exact) mass is 424 g/mol. The zero-order valence-electron chi connectivity index (χ0n) is 16.6. The lowest BCUT2D eigenvalue weighted by Crippen LogP contribution is -2.52. The number of amides is 3. The van der Waals surface area contributed by atoms with Gasteiger partial charge in [-0.2, -0.15) is 0 Å². The first kappa shape index (κ1) is 22.1. The van der Waals surface area contributed by atoms with Gasteiger partial charge in [-0.3, -0.25) is 19.4 Å². The zero-order chi connectivity index (χ0) is 22.4. The average Bonchev–Trinajstić information content (AvgIpc) is 2.77. The van der Waals surface area contributed by atoms with Crippen molar-refractivity contribution in [3.8, 4) is 0 Å². The van der Waals surface area contributed by atoms with Crippen molar-refractivity contribution in [2.45, 2.75) is 37.1 Å². The topological polar surface area (TPSA) is 155 Å². The Bertz CT molecular complexity index is 964. The molecule has 1 aliphatic rings. The van der Waals surface area contributed by atoms with E-state index in [1.54, 1.807) is 12.1 Å². The predicted molar refractivity (Wildman–Crippen MR) is 111 cm³/mol. The van der Waals surface area contributed by atoms with Crippen LogP contribution in [0.1, 0.15) is 22.3 Å². The largest absolute Gasteiger partial charge is 0.390 e. The van der Waals surface area contributed by atoms with Crippen LogP contribution >= 0.6 is 0 Å². The molecule has 3 amide bonds. The summed E-state index contributed by atoms with van der Waals surface area (Å²) in [5.41, 5.74) is 6.67. The van der Waals surface area contributed by atoms with Gasteiger partial charge in [0, 0.05) is 30.8 Å². The Morgan fingerprint density at radius 2 is 1.84 bits per heavy atom. The summed E-state index contributed by atoms with van der Waals surface area (Å²) in [5, 5.41) is 25.6. The van der Waals surface area contributed by atoms with Crippen molar-refractivity contribution in [2.75, 3.05) is 0 Å². The number of nitrogens with one attached hydrogen (secondary N) is 2. The van der Waals surface area contributed by atoms with Crippen molar-refractivity contribution < 1.29 is 24.6 Å². The third kappa shape index (κ3) is 5.74. The maximum Gasteiger partial charge on any atom is 0.253 e. The van der Waals surface area contributed by atoms with E-state index in [0.717, 1.165) is 5.56 Å². The van der Waals surface area contributed by atoms with E-state index < -0.39 is 42.0 Å². The molecule has 9 heteroatoms. The van der Waals surface area contributed by atoms with Crippen molar-refractivity contribution in [1.82, 2.24) is 15.6 Å². The van der Waals surface area contributed by atoms with Gasteiger partial charge in [0.25, 0.3) is 5.91 Å². The maximum absolute atomic E-state index is 12.8. The van der Waals surface area contributed by atoms with Crippen LogP contribution in [0.4, 0.5) is 0 Å². The van der Waals surface area contributed by atoms with E-state index in [9.17, 15) is 24.6 Å². The van der Waals surface area contributed by atoms with Gasteiger partial charge in [0.2, 0.25) is 11.8 Å². The first-order valence-corrected chi connectivity index (χ1v) is 9.77. The van der Waals surface area contributed by atoms with Gasteiger partial charge < -0.3 is 26.6 Å². The molecule has 0 radical (unpaired) electrons. The summed E-state index contributed by atoms with van der Waals surface area (Å²) in [6.07, 6.45) is 1.76. The van der Waals surface area contributed by atoms with Crippen LogP contribution in [0.3, 0.4) is 0 Å². The zero-order valence-corrected chi connectivity index (χ0v) is 16.6. The van der Waals surface area contributed by atoms with Crippen LogP contribution in [0.5, 0.6) is 0 Å². The van der Waals surface area contributed by atoms with Gasteiger partial charge in [0.1, 0.15) is 12.1 Å². The minimum atomic E-state index is -1.30. The summed E-state index contributed by atoms with van der Waals surface area (Å²) in [6, 6.07) is 10.3. The third-order valence-corrected chi connectivity index (χ3v) is 5.02. The minimum absolute atomic E-state index is 0.133. The Morgan fingerprint density at radius 3 is 2.48 bits per heavy atom. The van der Waals surface area contributed by atoms with Crippen LogP contribution in [0.15, 0.2) is 66.5 Å². The summed E-state index contributed by atoms with van der Waals surface area (Å²) in [5.74, 6) is -1.82. The molecule has 0 aliphatic heterocycles. The van der Waals surface area contributed by atoms with E-state index >= 15 is 0 Å². The second-order valence-electron chi connectivity index (χ2n) is 7.31. The summed E-state index contributed by atoms with van der Waals surface area (Å²) < 4.78 is 0. The number of aliphatic hydroxyl groups is 2. The van der Waals surface area contributed by atoms with Crippen LogP contribution in [-0.2, 0) is 16.0 Å². The predicted octanol–water partition coefficient (Wildman–Crippen LogP) is -0.555. The Balaban J connectivity index is 1.73. The Labute approximate surface area is 179 Å². The van der Waals surface area contributed by atoms with Gasteiger partial charge in [-0.25, -0.2) is 0 Å². The summed E-state index contributed by atoms with van der Waals surface area (Å²) in [4.78, 5) is 40.8. The Kier molecular flexibility index (Phi) is 7.11. The standard InChI is InChI=1S/C22H24N4O5/c23-20(29)17(9-13-5-2-1-3-6-13)26-22(31)15-10-16(19(28)18(27)11-15)25-21(30)14-7-4-8-24-12-14/h1-8,10,12,16-19,27-28H,9,11H2,(H2,23,29)(H,25,30)(H,26,31)/t16-,17-,18-,19-/m1/s1. The van der Waals surface area contributed by atoms with Gasteiger partial charge in [-0.05, 0) is 17.7 Å². The molecule has 1 aromatic heterocycles. The summed E-state index contributed by atoms with van der Waals surface area (Å²) in [7, 11) is 0. The molecule has 3 rings (SSSR count). The highest BCUT2D eigenvalue weighted by Crippen LogP contribution is 2.20. The van der Waals surface area contributed by atoms with E-state index in [0.29, 0.717) is 0 Å². The van der Waals surface area contributed by atoms with Crippen molar-refractivity contribution >= 4 is 17.7 Å². The number of carbonyl (C=O) groups excluding carboxylic acids is 3. The Morgan fingerprint density at radius 1 is 1.10 bits per heavy atom. The fraction of sp³-hybridized carbons (Fsp3) is 0.273. The number of nitrogens with two attached hydrogens (primary N) is 1. The number of rotatable bonds is 7. The quantitative estimate of drug-likeness (QED) is 0.402. The fourth-order valence-corrected chi connectivity index (χ4v) is 3.32. The van der Waals surface area contributed by atoms with Gasteiger partial charge in [-0.1, -0.05) is 36.4 Å². The van der Waals surface area contributed by atoms with Crippen molar-refractivity contribution in [3.63, 3.8) is 0 Å². The average molecular weight is 424 g/mol. The number of aliphatic hydroxyl groups excluding tert-OH is 2. The first-order valence-electron chi connectivity index (χ1n) is 9.77. The summed E-state index contributed by atoms with van der Waals surface area (Å²) >= 11 is 0. The molecule has 0 unspecified atom stereocenters. The van der Waals surface area contributed by atoms with E-state index in [2.05, 4.69) is 15.6 Å². The van der Waals surface area contributed by atoms with Gasteiger partial charge in [0.05, 0.1) is 17.7 Å². The second-order valence-corrected chi connectivity index (χ2v) is 7.31. The second kappa shape index (κ2) is 9.96. The summed E-state index contributed by atoms with van der Waals surface area (Å²) in [6.45, 7) is 0. The lowest BCUT2D eigenvalue weighted by molar-refractivity contribution is -0.125. The van der Waals surface area contributed by atoms with Crippen molar-refractivity contribution in [3.05, 3.63) is 77.6 Å². The number of pyridine rings is 1. The lowest BCUT2D eigenvalue weighted by atomic mass is 9.89. The number of carbonyl (C=O) groups is 3. The van der Waals surface area contributed by atoms with Crippen molar-refractivity contribution in [2.24, 2.45) is 5.73 Å². The molecule has 31 heavy (non-hydrogen) atoms. The molecular formula is C22H24N4O5. The highest BCUT2D eigenvalue weighted by molar-refractivity contribution is 5.98. The van der Waals surface area contributed by atoms with Crippen LogP contribution < -0.4 is 16.4 Å². The van der Waals surface area contributed by atoms with Gasteiger partial charge in [-0.15, -0.1) is 0 Å². The van der Waals surface area contributed by atoms with Gasteiger partial charge >= 0.3 is 0 Å². The Hall–Kier alpha value is -3.56. The minimum Gasteiger partial charge on any atom is -0.390 e. The lowest BCUT2D eigenvalue weighted by Gasteiger charge is -2.31. The molecule has 0 bridgehead atoms. The number of hydrogen-bond donors (Lipinski definition) is 5. The smallest absolute Gasteiger partial charge is 0.253 e. The van der Waals surface area contributed by atoms with E-state index in [1.807, 2.05) is 30.3 Å². The maximum atomic E-state index is 12.8.